The Morgan fingerprint density at radius 1 is 0.917 bits per heavy atom. The van der Waals surface area contributed by atoms with Crippen LogP contribution in [0, 0.1) is 20.8 Å². The molecule has 36 heavy (non-hydrogen) atoms. The third-order valence-corrected chi connectivity index (χ3v) is 7.16. The summed E-state index contributed by atoms with van der Waals surface area (Å²) in [4.78, 5) is 18.3. The van der Waals surface area contributed by atoms with Crippen LogP contribution < -0.4 is 5.56 Å². The van der Waals surface area contributed by atoms with Gasteiger partial charge in [0.2, 0.25) is 11.7 Å². The van der Waals surface area contributed by atoms with Crippen molar-refractivity contribution in [3.63, 3.8) is 0 Å². The lowest BCUT2D eigenvalue weighted by molar-refractivity contribution is 0.573. The SMILES string of the molecule is Cc1ccc(-c2nc(CSc3nnc4n(-c5cc(C)ccc5C)c(=O)c5ccccc5n34)co2)cc1. The van der Waals surface area contributed by atoms with Crippen molar-refractivity contribution in [1.29, 1.82) is 0 Å². The predicted octanol–water partition coefficient (Wildman–Crippen LogP) is 5.91. The van der Waals surface area contributed by atoms with Gasteiger partial charge in [0.15, 0.2) is 5.16 Å². The van der Waals surface area contributed by atoms with Gasteiger partial charge in [-0.25, -0.2) is 9.55 Å². The zero-order valence-electron chi connectivity index (χ0n) is 20.1. The number of aryl methyl sites for hydroxylation is 3. The first-order chi connectivity index (χ1) is 17.5. The van der Waals surface area contributed by atoms with Gasteiger partial charge in [-0.3, -0.25) is 9.20 Å². The molecule has 0 fully saturated rings. The van der Waals surface area contributed by atoms with E-state index in [2.05, 4.69) is 15.2 Å². The van der Waals surface area contributed by atoms with Gasteiger partial charge >= 0.3 is 0 Å². The highest BCUT2D eigenvalue weighted by atomic mass is 32.2. The molecule has 0 aliphatic heterocycles. The molecule has 0 saturated heterocycles. The summed E-state index contributed by atoms with van der Waals surface area (Å²) in [5, 5.41) is 10.2. The molecule has 8 heteroatoms. The lowest BCUT2D eigenvalue weighted by Gasteiger charge is -2.13. The summed E-state index contributed by atoms with van der Waals surface area (Å²) in [5.74, 6) is 1.62. The van der Waals surface area contributed by atoms with E-state index >= 15 is 0 Å². The summed E-state index contributed by atoms with van der Waals surface area (Å²) in [6.45, 7) is 6.06. The number of para-hydroxylation sites is 1. The molecule has 0 unspecified atom stereocenters. The molecule has 6 aromatic rings. The Morgan fingerprint density at radius 2 is 1.69 bits per heavy atom. The molecule has 0 aliphatic rings. The van der Waals surface area contributed by atoms with Crippen molar-refractivity contribution in [3.05, 3.63) is 106 Å². The van der Waals surface area contributed by atoms with E-state index in [0.29, 0.717) is 28.0 Å². The van der Waals surface area contributed by atoms with Crippen LogP contribution in [0.15, 0.2) is 87.4 Å². The minimum atomic E-state index is -0.116. The van der Waals surface area contributed by atoms with Crippen LogP contribution in [0.25, 0.3) is 33.8 Å². The first-order valence-electron chi connectivity index (χ1n) is 11.6. The molecule has 0 N–H and O–H groups in total. The van der Waals surface area contributed by atoms with E-state index in [4.69, 9.17) is 4.42 Å². The molecule has 0 aliphatic carbocycles. The highest BCUT2D eigenvalue weighted by Crippen LogP contribution is 2.28. The monoisotopic (exact) mass is 493 g/mol. The molecule has 0 saturated carbocycles. The molecule has 0 bridgehead atoms. The molecule has 3 aromatic carbocycles. The zero-order valence-corrected chi connectivity index (χ0v) is 20.9. The van der Waals surface area contributed by atoms with Gasteiger partial charge in [-0.1, -0.05) is 53.7 Å². The zero-order chi connectivity index (χ0) is 24.8. The lowest BCUT2D eigenvalue weighted by atomic mass is 10.1. The minimum absolute atomic E-state index is 0.116. The number of nitrogens with zero attached hydrogens (tertiary/aromatic N) is 5. The lowest BCUT2D eigenvalue weighted by Crippen LogP contribution is -2.22. The summed E-state index contributed by atoms with van der Waals surface area (Å²) in [6.07, 6.45) is 1.68. The number of fused-ring (bicyclic) bond motifs is 3. The van der Waals surface area contributed by atoms with Crippen LogP contribution in [0.5, 0.6) is 0 Å². The van der Waals surface area contributed by atoms with E-state index in [1.54, 1.807) is 10.8 Å². The molecule has 0 amide bonds. The Kier molecular flexibility index (Phi) is 5.45. The second kappa shape index (κ2) is 8.80. The van der Waals surface area contributed by atoms with E-state index in [-0.39, 0.29) is 5.56 Å². The van der Waals surface area contributed by atoms with Crippen molar-refractivity contribution >= 4 is 28.4 Å². The van der Waals surface area contributed by atoms with Crippen molar-refractivity contribution in [2.75, 3.05) is 0 Å². The van der Waals surface area contributed by atoms with Gasteiger partial charge in [0.25, 0.3) is 5.56 Å². The number of rotatable bonds is 5. The van der Waals surface area contributed by atoms with Crippen LogP contribution >= 0.6 is 11.8 Å². The van der Waals surface area contributed by atoms with Gasteiger partial charge in [-0.2, -0.15) is 0 Å². The van der Waals surface area contributed by atoms with Crippen molar-refractivity contribution < 1.29 is 4.42 Å². The molecule has 3 heterocycles. The van der Waals surface area contributed by atoms with Crippen molar-refractivity contribution in [2.24, 2.45) is 0 Å². The Balaban J connectivity index is 1.43. The Hall–Kier alpha value is -4.17. The average Bonchev–Trinajstić information content (AvgIpc) is 3.53. The number of hydrogen-bond donors (Lipinski definition) is 0. The summed E-state index contributed by atoms with van der Waals surface area (Å²) in [6, 6.07) is 21.7. The average molecular weight is 494 g/mol. The smallest absolute Gasteiger partial charge is 0.267 e. The Bertz CT molecular complexity index is 1800. The van der Waals surface area contributed by atoms with Crippen LogP contribution in [0.4, 0.5) is 0 Å². The number of aromatic nitrogens is 5. The number of benzene rings is 3. The minimum Gasteiger partial charge on any atom is -0.444 e. The third-order valence-electron chi connectivity index (χ3n) is 6.20. The van der Waals surface area contributed by atoms with Gasteiger partial charge in [0.05, 0.1) is 22.3 Å². The molecular weight excluding hydrogens is 470 g/mol. The molecule has 7 nitrogen and oxygen atoms in total. The maximum atomic E-state index is 13.6. The van der Waals surface area contributed by atoms with Gasteiger partial charge < -0.3 is 4.42 Å². The predicted molar refractivity (Wildman–Crippen MR) is 142 cm³/mol. The molecule has 0 atom stereocenters. The van der Waals surface area contributed by atoms with E-state index in [9.17, 15) is 4.79 Å². The largest absolute Gasteiger partial charge is 0.444 e. The quantitative estimate of drug-likeness (QED) is 0.278. The summed E-state index contributed by atoms with van der Waals surface area (Å²) in [7, 11) is 0. The Morgan fingerprint density at radius 3 is 2.53 bits per heavy atom. The topological polar surface area (TPSA) is 78.2 Å². The van der Waals surface area contributed by atoms with E-state index in [1.807, 2.05) is 91.9 Å². The van der Waals surface area contributed by atoms with Gasteiger partial charge in [0, 0.05) is 11.3 Å². The van der Waals surface area contributed by atoms with Crippen LogP contribution in [-0.4, -0.2) is 24.1 Å². The highest BCUT2D eigenvalue weighted by molar-refractivity contribution is 7.98. The van der Waals surface area contributed by atoms with Gasteiger partial charge in [-0.05, 0) is 62.2 Å². The highest BCUT2D eigenvalue weighted by Gasteiger charge is 2.19. The van der Waals surface area contributed by atoms with Gasteiger partial charge in [-0.15, -0.1) is 10.2 Å². The van der Waals surface area contributed by atoms with Crippen molar-refractivity contribution in [2.45, 2.75) is 31.7 Å². The summed E-state index contributed by atoms with van der Waals surface area (Å²) < 4.78 is 9.33. The third kappa shape index (κ3) is 3.79. The normalized spacial score (nSPS) is 11.5. The first kappa shape index (κ1) is 22.3. The fraction of sp³-hybridized carbons (Fsp3) is 0.143. The van der Waals surface area contributed by atoms with Crippen molar-refractivity contribution in [1.82, 2.24) is 24.1 Å². The van der Waals surface area contributed by atoms with E-state index < -0.39 is 0 Å². The maximum Gasteiger partial charge on any atom is 0.267 e. The number of oxazole rings is 1. The number of thioether (sulfide) groups is 1. The molecule has 0 spiro atoms. The maximum absolute atomic E-state index is 13.6. The van der Waals surface area contributed by atoms with Crippen LogP contribution in [0.1, 0.15) is 22.4 Å². The van der Waals surface area contributed by atoms with Crippen LogP contribution in [-0.2, 0) is 5.75 Å². The molecule has 3 aromatic heterocycles. The molecule has 178 valence electrons. The standard InChI is InChI=1S/C28H23N5O2S/c1-17-9-12-20(13-10-17)25-29-21(15-35-25)16-36-28-31-30-27-32(24-14-18(2)8-11-19(24)3)26(34)22-6-4-5-7-23(22)33(27)28/h4-15H,16H2,1-3H3. The van der Waals surface area contributed by atoms with E-state index in [1.165, 1.54) is 17.3 Å². The molecule has 0 radical (unpaired) electrons. The summed E-state index contributed by atoms with van der Waals surface area (Å²) >= 11 is 1.50. The second-order valence-electron chi connectivity index (χ2n) is 8.86. The van der Waals surface area contributed by atoms with Gasteiger partial charge in [0.1, 0.15) is 6.26 Å². The van der Waals surface area contributed by atoms with Crippen molar-refractivity contribution in [3.8, 4) is 17.1 Å². The molecular formula is C28H23N5O2S. The summed E-state index contributed by atoms with van der Waals surface area (Å²) in [5.41, 5.74) is 6.45. The first-order valence-corrected chi connectivity index (χ1v) is 12.6. The van der Waals surface area contributed by atoms with E-state index in [0.717, 1.165) is 33.6 Å². The fourth-order valence-corrected chi connectivity index (χ4v) is 5.11. The Labute approximate surface area is 211 Å². The second-order valence-corrected chi connectivity index (χ2v) is 9.81. The molecule has 6 rings (SSSR count). The number of hydrogen-bond acceptors (Lipinski definition) is 6. The van der Waals surface area contributed by atoms with Crippen LogP contribution in [0.3, 0.4) is 0 Å². The van der Waals surface area contributed by atoms with Crippen LogP contribution in [0.2, 0.25) is 0 Å². The fourth-order valence-electron chi connectivity index (χ4n) is 4.29.